The summed E-state index contributed by atoms with van der Waals surface area (Å²) in [5.41, 5.74) is 2.72. The monoisotopic (exact) mass is 289 g/mol. The Hall–Kier alpha value is -1.61. The second kappa shape index (κ2) is 5.41. The molecule has 0 radical (unpaired) electrons. The molecular weight excluding hydrogens is 270 g/mol. The van der Waals surface area contributed by atoms with Crippen LogP contribution >= 0.6 is 11.6 Å². The van der Waals surface area contributed by atoms with Crippen molar-refractivity contribution >= 4 is 17.4 Å². The summed E-state index contributed by atoms with van der Waals surface area (Å²) in [6.07, 6.45) is 0. The fourth-order valence-corrected chi connectivity index (χ4v) is 2.24. The Kier molecular flexibility index (Phi) is 4.00. The molecule has 0 spiro atoms. The van der Waals surface area contributed by atoms with Crippen LogP contribution in [-0.2, 0) is 5.41 Å². The van der Waals surface area contributed by atoms with Crippen LogP contribution in [-0.4, -0.2) is 17.0 Å². The Morgan fingerprint density at radius 3 is 2.30 bits per heavy atom. The minimum absolute atomic E-state index is 0.116. The molecule has 1 N–H and O–H groups in total. The fraction of sp³-hybridized carbons (Fsp3) is 0.375. The number of benzene rings is 1. The van der Waals surface area contributed by atoms with Crippen molar-refractivity contribution < 1.29 is 0 Å². The lowest BCUT2D eigenvalue weighted by molar-refractivity contribution is 0.546. The Morgan fingerprint density at radius 2 is 1.75 bits per heavy atom. The second-order valence-corrected chi connectivity index (χ2v) is 6.26. The van der Waals surface area contributed by atoms with Gasteiger partial charge in [0.1, 0.15) is 11.6 Å². The quantitative estimate of drug-likeness (QED) is 0.888. The summed E-state index contributed by atoms with van der Waals surface area (Å²) in [6.45, 7) is 8.32. The summed E-state index contributed by atoms with van der Waals surface area (Å²) >= 11 is 6.31. The molecule has 106 valence electrons. The van der Waals surface area contributed by atoms with Gasteiger partial charge in [0.05, 0.1) is 5.69 Å². The number of rotatable bonds is 2. The molecule has 3 nitrogen and oxygen atoms in total. The Balaban J connectivity index is 2.72. The zero-order valence-corrected chi connectivity index (χ0v) is 13.3. The van der Waals surface area contributed by atoms with Gasteiger partial charge in [-0.2, -0.15) is 0 Å². The van der Waals surface area contributed by atoms with Crippen molar-refractivity contribution in [3.8, 4) is 11.3 Å². The highest BCUT2D eigenvalue weighted by Gasteiger charge is 2.22. The molecule has 0 saturated heterocycles. The standard InChI is InChI=1S/C16H20ClN3/c1-10-13(11-8-6-7-9-12(11)17)19-15(16(2,3)4)20-14(10)18-5/h6-9H,1-5H3,(H,18,19,20). The number of anilines is 1. The van der Waals surface area contributed by atoms with Crippen LogP contribution in [0.2, 0.25) is 5.02 Å². The van der Waals surface area contributed by atoms with Crippen LogP contribution in [0, 0.1) is 6.92 Å². The van der Waals surface area contributed by atoms with E-state index in [9.17, 15) is 0 Å². The number of nitrogens with zero attached hydrogens (tertiary/aromatic N) is 2. The molecule has 1 aromatic heterocycles. The first-order chi connectivity index (χ1) is 9.34. The molecule has 0 aliphatic heterocycles. The van der Waals surface area contributed by atoms with Crippen LogP contribution in [0.4, 0.5) is 5.82 Å². The highest BCUT2D eigenvalue weighted by Crippen LogP contribution is 2.33. The Bertz CT molecular complexity index is 630. The van der Waals surface area contributed by atoms with E-state index in [1.54, 1.807) is 0 Å². The Morgan fingerprint density at radius 1 is 1.10 bits per heavy atom. The number of halogens is 1. The first kappa shape index (κ1) is 14.8. The SMILES string of the molecule is CNc1nc(C(C)(C)C)nc(-c2ccccc2Cl)c1C. The Labute approximate surface area is 125 Å². The molecule has 1 heterocycles. The first-order valence-corrected chi connectivity index (χ1v) is 7.04. The predicted molar refractivity (Wildman–Crippen MR) is 85.5 cm³/mol. The van der Waals surface area contributed by atoms with Crippen molar-refractivity contribution in [1.82, 2.24) is 9.97 Å². The van der Waals surface area contributed by atoms with E-state index in [2.05, 4.69) is 31.1 Å². The predicted octanol–water partition coefficient (Wildman–Crippen LogP) is 4.44. The lowest BCUT2D eigenvalue weighted by Crippen LogP contribution is -2.18. The second-order valence-electron chi connectivity index (χ2n) is 5.85. The molecule has 0 aliphatic carbocycles. The van der Waals surface area contributed by atoms with E-state index in [-0.39, 0.29) is 5.41 Å². The number of nitrogens with one attached hydrogen (secondary N) is 1. The van der Waals surface area contributed by atoms with E-state index in [0.29, 0.717) is 5.02 Å². The van der Waals surface area contributed by atoms with Gasteiger partial charge in [-0.05, 0) is 13.0 Å². The van der Waals surface area contributed by atoms with E-state index >= 15 is 0 Å². The number of hydrogen-bond donors (Lipinski definition) is 1. The highest BCUT2D eigenvalue weighted by atomic mass is 35.5. The molecule has 0 aliphatic rings. The van der Waals surface area contributed by atoms with Gasteiger partial charge in [-0.1, -0.05) is 50.6 Å². The highest BCUT2D eigenvalue weighted by molar-refractivity contribution is 6.33. The van der Waals surface area contributed by atoms with Crippen LogP contribution < -0.4 is 5.32 Å². The van der Waals surface area contributed by atoms with Crippen molar-refractivity contribution in [2.24, 2.45) is 0 Å². The fourth-order valence-electron chi connectivity index (χ4n) is 2.01. The molecule has 20 heavy (non-hydrogen) atoms. The molecule has 1 aromatic carbocycles. The smallest absolute Gasteiger partial charge is 0.136 e. The molecule has 0 amide bonds. The molecule has 0 atom stereocenters. The maximum absolute atomic E-state index is 6.31. The van der Waals surface area contributed by atoms with Gasteiger partial charge in [-0.15, -0.1) is 0 Å². The molecule has 2 rings (SSSR count). The van der Waals surface area contributed by atoms with E-state index in [1.165, 1.54) is 0 Å². The van der Waals surface area contributed by atoms with Crippen LogP contribution in [0.1, 0.15) is 32.2 Å². The van der Waals surface area contributed by atoms with Gasteiger partial charge in [-0.3, -0.25) is 0 Å². The van der Waals surface area contributed by atoms with Crippen molar-refractivity contribution in [3.63, 3.8) is 0 Å². The molecule has 0 bridgehead atoms. The zero-order chi connectivity index (χ0) is 14.9. The van der Waals surface area contributed by atoms with Gasteiger partial charge < -0.3 is 5.32 Å². The average molecular weight is 290 g/mol. The topological polar surface area (TPSA) is 37.8 Å². The first-order valence-electron chi connectivity index (χ1n) is 6.66. The largest absolute Gasteiger partial charge is 0.373 e. The van der Waals surface area contributed by atoms with Gasteiger partial charge >= 0.3 is 0 Å². The van der Waals surface area contributed by atoms with Gasteiger partial charge in [-0.25, -0.2) is 9.97 Å². The van der Waals surface area contributed by atoms with E-state index in [1.807, 2.05) is 38.2 Å². The lowest BCUT2D eigenvalue weighted by Gasteiger charge is -2.20. The van der Waals surface area contributed by atoms with Crippen LogP contribution in [0.5, 0.6) is 0 Å². The third-order valence-corrected chi connectivity index (χ3v) is 3.51. The summed E-state index contributed by atoms with van der Waals surface area (Å²) in [5.74, 6) is 1.65. The summed E-state index contributed by atoms with van der Waals surface area (Å²) in [4.78, 5) is 9.36. The minimum Gasteiger partial charge on any atom is -0.373 e. The van der Waals surface area contributed by atoms with Gasteiger partial charge in [0.15, 0.2) is 0 Å². The van der Waals surface area contributed by atoms with Crippen molar-refractivity contribution in [2.75, 3.05) is 12.4 Å². The van der Waals surface area contributed by atoms with Crippen LogP contribution in [0.15, 0.2) is 24.3 Å². The van der Waals surface area contributed by atoms with Crippen molar-refractivity contribution in [2.45, 2.75) is 33.1 Å². The van der Waals surface area contributed by atoms with Crippen molar-refractivity contribution in [3.05, 3.63) is 40.7 Å². The molecule has 0 saturated carbocycles. The third kappa shape index (κ3) is 2.78. The summed E-state index contributed by atoms with van der Waals surface area (Å²) in [5, 5.41) is 3.85. The molecule has 0 fully saturated rings. The van der Waals surface area contributed by atoms with E-state index in [0.717, 1.165) is 28.5 Å². The summed E-state index contributed by atoms with van der Waals surface area (Å²) in [7, 11) is 1.87. The maximum Gasteiger partial charge on any atom is 0.136 e. The van der Waals surface area contributed by atoms with Gasteiger partial charge in [0, 0.05) is 28.6 Å². The van der Waals surface area contributed by atoms with Gasteiger partial charge in [0.25, 0.3) is 0 Å². The molecule has 0 unspecified atom stereocenters. The van der Waals surface area contributed by atoms with E-state index < -0.39 is 0 Å². The van der Waals surface area contributed by atoms with Crippen molar-refractivity contribution in [1.29, 1.82) is 0 Å². The molecule has 2 aromatic rings. The normalized spacial score (nSPS) is 11.5. The summed E-state index contributed by atoms with van der Waals surface area (Å²) in [6, 6.07) is 7.77. The van der Waals surface area contributed by atoms with Crippen LogP contribution in [0.3, 0.4) is 0 Å². The molecule has 4 heteroatoms. The third-order valence-electron chi connectivity index (χ3n) is 3.18. The molecular formula is C16H20ClN3. The average Bonchev–Trinajstić information content (AvgIpc) is 2.38. The number of hydrogen-bond acceptors (Lipinski definition) is 3. The number of aromatic nitrogens is 2. The summed E-state index contributed by atoms with van der Waals surface area (Å²) < 4.78 is 0. The maximum atomic E-state index is 6.31. The van der Waals surface area contributed by atoms with Crippen LogP contribution in [0.25, 0.3) is 11.3 Å². The minimum atomic E-state index is -0.116. The zero-order valence-electron chi connectivity index (χ0n) is 12.6. The van der Waals surface area contributed by atoms with Gasteiger partial charge in [0.2, 0.25) is 0 Å². The lowest BCUT2D eigenvalue weighted by atomic mass is 9.95. The van der Waals surface area contributed by atoms with E-state index in [4.69, 9.17) is 16.6 Å².